The highest BCUT2D eigenvalue weighted by Gasteiger charge is 2.42. The molecule has 0 saturated heterocycles. The summed E-state index contributed by atoms with van der Waals surface area (Å²) in [5, 5.41) is 11.4. The number of allylic oxidation sites excluding steroid dienone is 1. The number of nitrogens with zero attached hydrogens (tertiary/aromatic N) is 4. The van der Waals surface area contributed by atoms with Crippen molar-refractivity contribution in [3.05, 3.63) is 111 Å². The number of carbonyl (C=O) groups excluding carboxylic acids is 2. The van der Waals surface area contributed by atoms with Gasteiger partial charge in [-0.05, 0) is 36.6 Å². The molecule has 0 N–H and O–H groups in total. The predicted octanol–water partition coefficient (Wildman–Crippen LogP) is 4.72. The number of nitro groups is 1. The maximum absolute atomic E-state index is 13.4. The Labute approximate surface area is 225 Å². The van der Waals surface area contributed by atoms with Crippen molar-refractivity contribution in [3.8, 4) is 0 Å². The Kier molecular flexibility index (Phi) is 8.45. The second-order valence-corrected chi connectivity index (χ2v) is 9.02. The van der Waals surface area contributed by atoms with Crippen LogP contribution in [0, 0.1) is 16.0 Å². The van der Waals surface area contributed by atoms with Gasteiger partial charge in [0.2, 0.25) is 0 Å². The number of aliphatic imine (C=N–C) groups is 1. The zero-order chi connectivity index (χ0) is 27.9. The SMILES string of the molecule is COC(=O)C1C(C)=NC(C)=C(C(=O)OCC=Cc2ccccc2Cn2ccnc2)C1c1cccc([N+](=O)[O-])c1. The van der Waals surface area contributed by atoms with Crippen LogP contribution in [0.5, 0.6) is 0 Å². The number of rotatable bonds is 9. The van der Waals surface area contributed by atoms with Crippen LogP contribution in [0.2, 0.25) is 0 Å². The molecular formula is C29H28N4O6. The summed E-state index contributed by atoms with van der Waals surface area (Å²) in [7, 11) is 1.25. The van der Waals surface area contributed by atoms with E-state index in [2.05, 4.69) is 9.98 Å². The number of benzene rings is 2. The number of non-ortho nitro benzene ring substituents is 1. The first-order valence-electron chi connectivity index (χ1n) is 12.3. The molecule has 0 bridgehead atoms. The Bertz CT molecular complexity index is 1470. The fourth-order valence-electron chi connectivity index (χ4n) is 4.72. The zero-order valence-electron chi connectivity index (χ0n) is 21.8. The molecular weight excluding hydrogens is 500 g/mol. The normalized spacial score (nSPS) is 17.2. The number of carbonyl (C=O) groups is 2. The molecule has 0 amide bonds. The van der Waals surface area contributed by atoms with Crippen LogP contribution in [0.4, 0.5) is 5.69 Å². The summed E-state index contributed by atoms with van der Waals surface area (Å²) in [5.74, 6) is -3.05. The van der Waals surface area contributed by atoms with Gasteiger partial charge in [-0.2, -0.15) is 0 Å². The lowest BCUT2D eigenvalue weighted by Gasteiger charge is -2.31. The quantitative estimate of drug-likeness (QED) is 0.223. The average Bonchev–Trinajstić information content (AvgIpc) is 3.44. The third kappa shape index (κ3) is 6.18. The van der Waals surface area contributed by atoms with Gasteiger partial charge in [0.05, 0.1) is 23.9 Å². The number of methoxy groups -OCH3 is 1. The summed E-state index contributed by atoms with van der Waals surface area (Å²) in [6, 6.07) is 13.7. The maximum atomic E-state index is 13.4. The van der Waals surface area contributed by atoms with Crippen molar-refractivity contribution >= 4 is 29.4 Å². The molecule has 4 rings (SSSR count). The summed E-state index contributed by atoms with van der Waals surface area (Å²) < 4.78 is 12.6. The van der Waals surface area contributed by atoms with E-state index in [-0.39, 0.29) is 17.9 Å². The molecule has 2 aromatic carbocycles. The molecule has 1 aliphatic heterocycles. The molecule has 2 unspecified atom stereocenters. The third-order valence-electron chi connectivity index (χ3n) is 6.52. The van der Waals surface area contributed by atoms with Gasteiger partial charge in [-0.15, -0.1) is 0 Å². The molecule has 1 aromatic heterocycles. The summed E-state index contributed by atoms with van der Waals surface area (Å²) in [6.45, 7) is 3.94. The van der Waals surface area contributed by atoms with Crippen LogP contribution in [-0.4, -0.2) is 45.8 Å². The van der Waals surface area contributed by atoms with Gasteiger partial charge in [0.1, 0.15) is 12.5 Å². The summed E-state index contributed by atoms with van der Waals surface area (Å²) in [4.78, 5) is 45.6. The Balaban J connectivity index is 1.58. The van der Waals surface area contributed by atoms with E-state index >= 15 is 0 Å². The van der Waals surface area contributed by atoms with Crippen molar-refractivity contribution in [1.29, 1.82) is 0 Å². The van der Waals surface area contributed by atoms with Gasteiger partial charge in [-0.3, -0.25) is 19.9 Å². The third-order valence-corrected chi connectivity index (χ3v) is 6.52. The highest BCUT2D eigenvalue weighted by atomic mass is 16.6. The molecule has 200 valence electrons. The van der Waals surface area contributed by atoms with E-state index in [1.165, 1.54) is 25.3 Å². The molecule has 2 atom stereocenters. The Morgan fingerprint density at radius 1 is 1.15 bits per heavy atom. The van der Waals surface area contributed by atoms with E-state index in [0.29, 0.717) is 23.5 Å². The van der Waals surface area contributed by atoms with Gasteiger partial charge in [-0.1, -0.05) is 42.5 Å². The molecule has 2 heterocycles. The monoisotopic (exact) mass is 528 g/mol. The number of aromatic nitrogens is 2. The van der Waals surface area contributed by atoms with Crippen LogP contribution in [0.1, 0.15) is 36.5 Å². The topological polar surface area (TPSA) is 126 Å². The summed E-state index contributed by atoms with van der Waals surface area (Å²) in [6.07, 6.45) is 8.95. The lowest BCUT2D eigenvalue weighted by atomic mass is 9.75. The Hall–Kier alpha value is -4.86. The lowest BCUT2D eigenvalue weighted by Crippen LogP contribution is -2.36. The second kappa shape index (κ2) is 12.1. The van der Waals surface area contributed by atoms with E-state index in [9.17, 15) is 19.7 Å². The molecule has 39 heavy (non-hydrogen) atoms. The first-order chi connectivity index (χ1) is 18.8. The highest BCUT2D eigenvalue weighted by Crippen LogP contribution is 2.40. The molecule has 0 fully saturated rings. The Morgan fingerprint density at radius 2 is 1.95 bits per heavy atom. The van der Waals surface area contributed by atoms with Gasteiger partial charge in [-0.25, -0.2) is 9.78 Å². The average molecular weight is 529 g/mol. The van der Waals surface area contributed by atoms with Crippen molar-refractivity contribution in [2.75, 3.05) is 13.7 Å². The molecule has 3 aromatic rings. The van der Waals surface area contributed by atoms with Gasteiger partial charge in [0, 0.05) is 48.4 Å². The minimum atomic E-state index is -0.936. The van der Waals surface area contributed by atoms with E-state index in [4.69, 9.17) is 9.47 Å². The van der Waals surface area contributed by atoms with Crippen molar-refractivity contribution in [1.82, 2.24) is 9.55 Å². The molecule has 0 radical (unpaired) electrons. The van der Waals surface area contributed by atoms with Crippen LogP contribution in [0.25, 0.3) is 6.08 Å². The molecule has 0 aliphatic carbocycles. The van der Waals surface area contributed by atoms with E-state index in [0.717, 1.165) is 11.1 Å². The lowest BCUT2D eigenvalue weighted by molar-refractivity contribution is -0.384. The van der Waals surface area contributed by atoms with E-state index < -0.39 is 28.7 Å². The fourth-order valence-corrected chi connectivity index (χ4v) is 4.72. The predicted molar refractivity (Wildman–Crippen MR) is 145 cm³/mol. The summed E-state index contributed by atoms with van der Waals surface area (Å²) >= 11 is 0. The molecule has 0 saturated carbocycles. The first kappa shape index (κ1) is 27.2. The van der Waals surface area contributed by atoms with Gasteiger partial charge < -0.3 is 14.0 Å². The molecule has 10 heteroatoms. The van der Waals surface area contributed by atoms with Crippen molar-refractivity contribution in [2.24, 2.45) is 10.9 Å². The molecule has 10 nitrogen and oxygen atoms in total. The van der Waals surface area contributed by atoms with Crippen LogP contribution in [0.15, 0.2) is 89.6 Å². The van der Waals surface area contributed by atoms with E-state index in [1.54, 1.807) is 38.5 Å². The summed E-state index contributed by atoms with van der Waals surface area (Å²) in [5.41, 5.74) is 3.29. The first-order valence-corrected chi connectivity index (χ1v) is 12.3. The number of hydrogen-bond donors (Lipinski definition) is 0. The molecule has 0 spiro atoms. The number of hydrogen-bond acceptors (Lipinski definition) is 8. The number of imidazole rings is 1. The largest absolute Gasteiger partial charge is 0.468 e. The highest BCUT2D eigenvalue weighted by molar-refractivity contribution is 6.07. The van der Waals surface area contributed by atoms with Crippen LogP contribution in [-0.2, 0) is 25.6 Å². The number of nitro benzene ring substituents is 1. The van der Waals surface area contributed by atoms with Crippen LogP contribution < -0.4 is 0 Å². The van der Waals surface area contributed by atoms with Crippen LogP contribution in [0.3, 0.4) is 0 Å². The van der Waals surface area contributed by atoms with Crippen LogP contribution >= 0.6 is 0 Å². The van der Waals surface area contributed by atoms with E-state index in [1.807, 2.05) is 41.1 Å². The standard InChI is InChI=1S/C29H28N4O6/c1-19-25(28(34)38-3)27(22-10-6-12-24(16-22)33(36)37)26(20(2)31-19)29(35)39-15-7-11-21-8-4-5-9-23(21)17-32-14-13-30-18-32/h4-14,16,18,25,27H,15,17H2,1-3H3. The van der Waals surface area contributed by atoms with Gasteiger partial charge in [0.15, 0.2) is 0 Å². The van der Waals surface area contributed by atoms with Crippen molar-refractivity contribution < 1.29 is 24.0 Å². The van der Waals surface area contributed by atoms with Crippen molar-refractivity contribution in [3.63, 3.8) is 0 Å². The minimum absolute atomic E-state index is 0.0255. The maximum Gasteiger partial charge on any atom is 0.336 e. The number of esters is 2. The molecule has 1 aliphatic rings. The number of ether oxygens (including phenoxy) is 2. The van der Waals surface area contributed by atoms with Crippen molar-refractivity contribution in [2.45, 2.75) is 26.3 Å². The minimum Gasteiger partial charge on any atom is -0.468 e. The fraction of sp³-hybridized carbons (Fsp3) is 0.241. The second-order valence-electron chi connectivity index (χ2n) is 9.02. The van der Waals surface area contributed by atoms with Gasteiger partial charge in [0.25, 0.3) is 5.69 Å². The van der Waals surface area contributed by atoms with Gasteiger partial charge >= 0.3 is 11.9 Å². The zero-order valence-corrected chi connectivity index (χ0v) is 21.8. The smallest absolute Gasteiger partial charge is 0.336 e. The Morgan fingerprint density at radius 3 is 2.67 bits per heavy atom.